The molecule has 0 aliphatic carbocycles. The van der Waals surface area contributed by atoms with Crippen LogP contribution in [0.1, 0.15) is 17.5 Å². The van der Waals surface area contributed by atoms with Crippen molar-refractivity contribution < 1.29 is 9.53 Å². The summed E-state index contributed by atoms with van der Waals surface area (Å²) >= 11 is 2.88. The minimum Gasteiger partial charge on any atom is -0.465 e. The summed E-state index contributed by atoms with van der Waals surface area (Å²) in [6.07, 6.45) is 0.739. The van der Waals surface area contributed by atoms with Crippen LogP contribution in [0.2, 0.25) is 0 Å². The Labute approximate surface area is 131 Å². The smallest absolute Gasteiger partial charge is 0.319 e. The zero-order chi connectivity index (χ0) is 14.8. The molecule has 21 heavy (non-hydrogen) atoms. The fourth-order valence-electron chi connectivity index (χ4n) is 2.08. The average molecular weight is 321 g/mol. The molecule has 0 amide bonds. The van der Waals surface area contributed by atoms with E-state index >= 15 is 0 Å². The van der Waals surface area contributed by atoms with E-state index in [0.717, 1.165) is 21.6 Å². The number of benzene rings is 1. The number of ether oxygens (including phenoxy) is 1. The van der Waals surface area contributed by atoms with Crippen LogP contribution in [-0.4, -0.2) is 28.0 Å². The second-order valence-corrected chi connectivity index (χ2v) is 7.31. The molecule has 1 aliphatic heterocycles. The molecule has 1 aromatic heterocycles. The molecule has 1 saturated heterocycles. The molecule has 0 bridgehead atoms. The van der Waals surface area contributed by atoms with Gasteiger partial charge >= 0.3 is 5.97 Å². The first-order valence-electron chi connectivity index (χ1n) is 6.63. The Hall–Kier alpha value is -1.60. The molecule has 1 N–H and O–H groups in total. The lowest BCUT2D eigenvalue weighted by molar-refractivity contribution is -0.137. The van der Waals surface area contributed by atoms with E-state index < -0.39 is 0 Å². The number of carbonyl (C=O) groups excluding carboxylic acids is 1. The Bertz CT molecular complexity index is 672. The van der Waals surface area contributed by atoms with E-state index in [9.17, 15) is 4.79 Å². The number of cyclic esters (lactones) is 1. The van der Waals surface area contributed by atoms with Gasteiger partial charge in [-0.2, -0.15) is 0 Å². The molecule has 2 heterocycles. The highest BCUT2D eigenvalue weighted by molar-refractivity contribution is 8.02. The van der Waals surface area contributed by atoms with Crippen LogP contribution >= 0.6 is 23.1 Å². The van der Waals surface area contributed by atoms with E-state index in [0.29, 0.717) is 6.61 Å². The lowest BCUT2D eigenvalue weighted by atomic mass is 10.1. The van der Waals surface area contributed by atoms with Gasteiger partial charge in [0, 0.05) is 12.1 Å². The van der Waals surface area contributed by atoms with E-state index in [2.05, 4.69) is 41.5 Å². The summed E-state index contributed by atoms with van der Waals surface area (Å²) in [6, 6.07) is 6.21. The Morgan fingerprint density at radius 1 is 1.38 bits per heavy atom. The molecule has 0 radical (unpaired) electrons. The van der Waals surface area contributed by atoms with Gasteiger partial charge in [0.2, 0.25) is 5.13 Å². The first-order valence-corrected chi connectivity index (χ1v) is 8.32. The van der Waals surface area contributed by atoms with Crippen molar-refractivity contribution in [3.8, 4) is 0 Å². The van der Waals surface area contributed by atoms with Crippen LogP contribution in [-0.2, 0) is 9.53 Å². The fraction of sp³-hybridized carbons (Fsp3) is 0.357. The highest BCUT2D eigenvalue weighted by Gasteiger charge is 2.28. The second-order valence-electron chi connectivity index (χ2n) is 4.88. The predicted molar refractivity (Wildman–Crippen MR) is 84.3 cm³/mol. The van der Waals surface area contributed by atoms with Crippen molar-refractivity contribution in [3.05, 3.63) is 29.3 Å². The van der Waals surface area contributed by atoms with Crippen LogP contribution < -0.4 is 5.32 Å². The van der Waals surface area contributed by atoms with E-state index in [1.54, 1.807) is 0 Å². The largest absolute Gasteiger partial charge is 0.465 e. The van der Waals surface area contributed by atoms with Crippen LogP contribution in [0.15, 0.2) is 22.5 Å². The first kappa shape index (κ1) is 14.3. The molecule has 5 nitrogen and oxygen atoms in total. The van der Waals surface area contributed by atoms with Crippen molar-refractivity contribution in [3.63, 3.8) is 0 Å². The summed E-state index contributed by atoms with van der Waals surface area (Å²) in [5.74, 6) is -0.154. The number of nitrogens with zero attached hydrogens (tertiary/aromatic N) is 2. The number of rotatable bonds is 4. The molecular formula is C14H15N3O2S2. The van der Waals surface area contributed by atoms with Gasteiger partial charge < -0.3 is 10.1 Å². The van der Waals surface area contributed by atoms with Gasteiger partial charge in [0.1, 0.15) is 5.25 Å². The minimum atomic E-state index is -0.154. The van der Waals surface area contributed by atoms with Crippen LogP contribution in [0.25, 0.3) is 0 Å². The standard InChI is InChI=1S/C14H15N3O2S2/c1-8-3-4-10(9(2)7-8)15-13-16-17-14(21-13)20-11-5-6-19-12(11)18/h3-4,7,11H,5-6H2,1-2H3,(H,15,16)/t11-/m1/s1. The fourth-order valence-corrected chi connectivity index (χ4v) is 4.06. The third-order valence-corrected chi connectivity index (χ3v) is 5.33. The Morgan fingerprint density at radius 3 is 2.95 bits per heavy atom. The third-order valence-electron chi connectivity index (χ3n) is 3.16. The molecule has 7 heteroatoms. The molecule has 1 fully saturated rings. The second kappa shape index (κ2) is 6.03. The third kappa shape index (κ3) is 3.36. The molecule has 2 aromatic rings. The Morgan fingerprint density at radius 2 is 2.24 bits per heavy atom. The van der Waals surface area contributed by atoms with Crippen molar-refractivity contribution in [2.45, 2.75) is 29.9 Å². The normalized spacial score (nSPS) is 17.8. The highest BCUT2D eigenvalue weighted by atomic mass is 32.2. The number of aryl methyl sites for hydroxylation is 2. The molecule has 1 aliphatic rings. The van der Waals surface area contributed by atoms with Gasteiger partial charge in [-0.25, -0.2) is 0 Å². The maximum absolute atomic E-state index is 11.5. The Balaban J connectivity index is 1.68. The van der Waals surface area contributed by atoms with Crippen molar-refractivity contribution in [1.82, 2.24) is 10.2 Å². The predicted octanol–water partition coefficient (Wildman–Crippen LogP) is 3.31. The minimum absolute atomic E-state index is 0.146. The molecule has 0 spiro atoms. The van der Waals surface area contributed by atoms with E-state index in [-0.39, 0.29) is 11.2 Å². The number of thioether (sulfide) groups is 1. The van der Waals surface area contributed by atoms with Crippen LogP contribution in [0.4, 0.5) is 10.8 Å². The number of carbonyl (C=O) groups is 1. The van der Waals surface area contributed by atoms with Crippen molar-refractivity contribution >= 4 is 39.9 Å². The molecular weight excluding hydrogens is 306 g/mol. The summed E-state index contributed by atoms with van der Waals surface area (Å²) in [6.45, 7) is 4.63. The SMILES string of the molecule is Cc1ccc(Nc2nnc(S[C@@H]3CCOC3=O)s2)c(C)c1. The molecule has 110 valence electrons. The molecule has 0 saturated carbocycles. The number of nitrogens with one attached hydrogen (secondary N) is 1. The van der Waals surface area contributed by atoms with Crippen molar-refractivity contribution in [2.75, 3.05) is 11.9 Å². The van der Waals surface area contributed by atoms with E-state index in [1.165, 1.54) is 34.2 Å². The highest BCUT2D eigenvalue weighted by Crippen LogP contribution is 2.34. The molecule has 1 atom stereocenters. The summed E-state index contributed by atoms with van der Waals surface area (Å²) in [7, 11) is 0. The summed E-state index contributed by atoms with van der Waals surface area (Å²) in [5.41, 5.74) is 3.42. The topological polar surface area (TPSA) is 64.1 Å². The van der Waals surface area contributed by atoms with Gasteiger partial charge in [-0.1, -0.05) is 40.8 Å². The number of aromatic nitrogens is 2. The van der Waals surface area contributed by atoms with Gasteiger partial charge in [0.15, 0.2) is 4.34 Å². The van der Waals surface area contributed by atoms with E-state index in [4.69, 9.17) is 4.74 Å². The molecule has 3 rings (SSSR count). The van der Waals surface area contributed by atoms with Crippen LogP contribution in [0.3, 0.4) is 0 Å². The monoisotopic (exact) mass is 321 g/mol. The van der Waals surface area contributed by atoms with Crippen LogP contribution in [0.5, 0.6) is 0 Å². The summed E-state index contributed by atoms with van der Waals surface area (Å²) in [4.78, 5) is 11.5. The van der Waals surface area contributed by atoms with E-state index in [1.807, 2.05) is 6.07 Å². The quantitative estimate of drug-likeness (QED) is 0.872. The van der Waals surface area contributed by atoms with Gasteiger partial charge in [-0.15, -0.1) is 10.2 Å². The van der Waals surface area contributed by atoms with Gasteiger partial charge in [-0.3, -0.25) is 4.79 Å². The maximum Gasteiger partial charge on any atom is 0.319 e. The zero-order valence-corrected chi connectivity index (χ0v) is 13.4. The summed E-state index contributed by atoms with van der Waals surface area (Å²) < 4.78 is 5.73. The average Bonchev–Trinajstić information content (AvgIpc) is 3.04. The van der Waals surface area contributed by atoms with Crippen LogP contribution in [0, 0.1) is 13.8 Å². The molecule has 0 unspecified atom stereocenters. The molecule has 1 aromatic carbocycles. The number of anilines is 2. The lowest BCUT2D eigenvalue weighted by Crippen LogP contribution is -2.08. The number of hydrogen-bond donors (Lipinski definition) is 1. The lowest BCUT2D eigenvalue weighted by Gasteiger charge is -2.06. The van der Waals surface area contributed by atoms with Gasteiger partial charge in [-0.05, 0) is 25.5 Å². The van der Waals surface area contributed by atoms with Crippen molar-refractivity contribution in [2.24, 2.45) is 0 Å². The van der Waals surface area contributed by atoms with Gasteiger partial charge in [0.25, 0.3) is 0 Å². The maximum atomic E-state index is 11.5. The van der Waals surface area contributed by atoms with Crippen molar-refractivity contribution in [1.29, 1.82) is 0 Å². The summed E-state index contributed by atoms with van der Waals surface area (Å²) in [5, 5.41) is 12.1. The van der Waals surface area contributed by atoms with Gasteiger partial charge in [0.05, 0.1) is 6.61 Å². The Kier molecular flexibility index (Phi) is 4.12. The number of hydrogen-bond acceptors (Lipinski definition) is 7. The number of esters is 1. The zero-order valence-electron chi connectivity index (χ0n) is 11.8. The first-order chi connectivity index (χ1) is 10.1.